The zero-order valence-electron chi connectivity index (χ0n) is 20.3. The highest BCUT2D eigenvalue weighted by atomic mass is 16.7. The third-order valence-electron chi connectivity index (χ3n) is 5.16. The van der Waals surface area contributed by atoms with E-state index >= 15 is 0 Å². The van der Waals surface area contributed by atoms with E-state index in [1.54, 1.807) is 0 Å². The highest BCUT2D eigenvalue weighted by Crippen LogP contribution is 2.30. The summed E-state index contributed by atoms with van der Waals surface area (Å²) in [4.78, 5) is 46.3. The molecule has 0 N–H and O–H groups in total. The van der Waals surface area contributed by atoms with Crippen LogP contribution in [-0.2, 0) is 9.59 Å². The van der Waals surface area contributed by atoms with Gasteiger partial charge in [-0.1, -0.05) is 20.4 Å². The van der Waals surface area contributed by atoms with E-state index in [9.17, 15) is 29.8 Å². The Hall–Kier alpha value is -2.86. The molecule has 0 saturated carbocycles. The predicted octanol–water partition coefficient (Wildman–Crippen LogP) is 2.01. The number of nitrogens with zero attached hydrogens (tertiary/aromatic N) is 6. The van der Waals surface area contributed by atoms with Crippen LogP contribution in [0.4, 0.5) is 0 Å². The molecule has 0 aromatic heterocycles. The summed E-state index contributed by atoms with van der Waals surface area (Å²) in [5, 5.41) is 23.6. The van der Waals surface area contributed by atoms with Gasteiger partial charge in [-0.3, -0.25) is 9.59 Å². The van der Waals surface area contributed by atoms with Crippen LogP contribution in [0.3, 0.4) is 0 Å². The van der Waals surface area contributed by atoms with E-state index < -0.39 is 10.1 Å². The van der Waals surface area contributed by atoms with Gasteiger partial charge < -0.3 is 9.80 Å². The average Bonchev–Trinajstić information content (AvgIpc) is 2.71. The lowest BCUT2D eigenvalue weighted by Gasteiger charge is -2.37. The number of nitro groups is 2. The van der Waals surface area contributed by atoms with Gasteiger partial charge in [0.05, 0.1) is 16.4 Å². The Morgan fingerprint density at radius 2 is 1.75 bits per heavy atom. The molecule has 12 heteroatoms. The molecule has 0 amide bonds. The normalized spacial score (nSPS) is 24.4. The summed E-state index contributed by atoms with van der Waals surface area (Å²) in [7, 11) is 4.04. The highest BCUT2D eigenvalue weighted by molar-refractivity contribution is 5.86. The topological polar surface area (TPSA) is 152 Å². The highest BCUT2D eigenvalue weighted by Gasteiger charge is 2.36. The van der Waals surface area contributed by atoms with Crippen molar-refractivity contribution in [2.75, 3.05) is 40.3 Å². The maximum atomic E-state index is 11.8. The van der Waals surface area contributed by atoms with Gasteiger partial charge in [0.25, 0.3) is 0 Å². The van der Waals surface area contributed by atoms with E-state index in [1.807, 2.05) is 20.9 Å². The molecule has 2 rings (SSSR count). The van der Waals surface area contributed by atoms with Crippen molar-refractivity contribution >= 4 is 24.0 Å². The standard InChI is InChI=1S/C10H17N3O3.C7H13NO.C3H4N2O2/c1-10(5-3-6-11-13(15)16)8-12(2)7-4-9(10)14;1-6-5-8(2)4-3-7(6)9;1-2-3-4-5(6)7/h6H,3-5,7-8H2,1-2H3;6H,3-5H2,1-2H3;2-3H,1H2/p+1/b11-6+;;4-3+. The molecule has 2 aliphatic rings. The first-order valence-corrected chi connectivity index (χ1v) is 10.3. The van der Waals surface area contributed by atoms with Crippen molar-refractivity contribution in [1.82, 2.24) is 9.80 Å². The lowest BCUT2D eigenvalue weighted by molar-refractivity contribution is -0.484. The number of hydrogen-bond donors (Lipinski definition) is 0. The van der Waals surface area contributed by atoms with Crippen molar-refractivity contribution in [2.24, 2.45) is 21.5 Å². The van der Waals surface area contributed by atoms with Crippen LogP contribution in [-0.4, -0.2) is 84.1 Å². The lowest BCUT2D eigenvalue weighted by Crippen LogP contribution is -2.46. The summed E-state index contributed by atoms with van der Waals surface area (Å²) in [6, 6.07) is 0. The first kappa shape index (κ1) is 29.1. The largest absolute Gasteiger partial charge is 1.00 e. The van der Waals surface area contributed by atoms with Gasteiger partial charge in [-0.25, -0.2) is 20.2 Å². The fourth-order valence-electron chi connectivity index (χ4n) is 3.39. The Labute approximate surface area is 189 Å². The second-order valence-corrected chi connectivity index (χ2v) is 8.16. The van der Waals surface area contributed by atoms with E-state index in [2.05, 4.69) is 33.6 Å². The molecule has 0 bridgehead atoms. The summed E-state index contributed by atoms with van der Waals surface area (Å²) >= 11 is 0. The minimum atomic E-state index is -0.790. The Morgan fingerprint density at radius 1 is 1.16 bits per heavy atom. The van der Waals surface area contributed by atoms with Crippen LogP contribution in [0.5, 0.6) is 0 Å². The molecule has 2 heterocycles. The molecular formula is C20H35N6O6+. The van der Waals surface area contributed by atoms with Crippen LogP contribution in [0.25, 0.3) is 0 Å². The summed E-state index contributed by atoms with van der Waals surface area (Å²) in [5.74, 6) is 0.942. The third-order valence-corrected chi connectivity index (χ3v) is 5.16. The number of likely N-dealkylation sites (tertiary alicyclic amines) is 2. The quantitative estimate of drug-likeness (QED) is 0.335. The van der Waals surface area contributed by atoms with Gasteiger partial charge in [0.2, 0.25) is 0 Å². The van der Waals surface area contributed by atoms with Crippen LogP contribution in [0, 0.1) is 31.6 Å². The minimum Gasteiger partial charge on any atom is -0.305 e. The molecule has 2 aliphatic heterocycles. The van der Waals surface area contributed by atoms with Crippen molar-refractivity contribution < 1.29 is 21.1 Å². The number of carbonyl (C=O) groups excluding carboxylic acids is 2. The van der Waals surface area contributed by atoms with Crippen molar-refractivity contribution in [3.63, 3.8) is 0 Å². The van der Waals surface area contributed by atoms with Gasteiger partial charge in [0.15, 0.2) is 10.1 Å². The Morgan fingerprint density at radius 3 is 2.22 bits per heavy atom. The molecule has 0 aromatic rings. The zero-order chi connectivity index (χ0) is 24.7. The average molecular weight is 456 g/mol. The fourth-order valence-corrected chi connectivity index (χ4v) is 3.39. The lowest BCUT2D eigenvalue weighted by atomic mass is 9.77. The molecule has 0 radical (unpaired) electrons. The molecule has 12 nitrogen and oxygen atoms in total. The van der Waals surface area contributed by atoms with Crippen LogP contribution >= 0.6 is 0 Å². The van der Waals surface area contributed by atoms with Gasteiger partial charge >= 0.3 is 1.43 Å². The van der Waals surface area contributed by atoms with Crippen LogP contribution in [0.1, 0.15) is 41.0 Å². The number of carbonyl (C=O) groups is 2. The molecule has 2 saturated heterocycles. The van der Waals surface area contributed by atoms with Crippen molar-refractivity contribution in [1.29, 1.82) is 0 Å². The number of rotatable bonds is 6. The van der Waals surface area contributed by atoms with E-state index in [0.717, 1.165) is 38.8 Å². The number of hydrogen-bond acceptors (Lipinski definition) is 8. The molecule has 2 unspecified atom stereocenters. The molecule has 0 aromatic carbocycles. The number of hydrazone groups is 2. The SMILES string of the molecule is C=C/C=N/[N+](=O)[O-].CC1CN(C)CCC1=O.CN1CCC(=O)C(C)(CC/C=N/[N+](=O)[O-])C1.[H+]. The van der Waals surface area contributed by atoms with Gasteiger partial charge in [-0.15, -0.1) is 0 Å². The maximum absolute atomic E-state index is 11.8. The fraction of sp³-hybridized carbons (Fsp3) is 0.700. The van der Waals surface area contributed by atoms with Crippen molar-refractivity contribution in [3.8, 4) is 0 Å². The van der Waals surface area contributed by atoms with E-state index in [1.165, 1.54) is 12.3 Å². The summed E-state index contributed by atoms with van der Waals surface area (Å²) in [5.41, 5.74) is -0.379. The Balaban J connectivity index is 0. The molecule has 180 valence electrons. The first-order chi connectivity index (χ1) is 14.9. The number of Topliss-reactive ketones (excluding diaryl/α,β-unsaturated/α-hetero) is 2. The van der Waals surface area contributed by atoms with Gasteiger partial charge in [-0.2, -0.15) is 0 Å². The zero-order valence-corrected chi connectivity index (χ0v) is 19.3. The van der Waals surface area contributed by atoms with E-state index in [4.69, 9.17) is 0 Å². The first-order valence-electron chi connectivity index (χ1n) is 10.3. The second-order valence-electron chi connectivity index (χ2n) is 8.16. The summed E-state index contributed by atoms with van der Waals surface area (Å²) in [6.45, 7) is 10.5. The molecule has 32 heavy (non-hydrogen) atoms. The smallest absolute Gasteiger partial charge is 0.305 e. The van der Waals surface area contributed by atoms with E-state index in [0.29, 0.717) is 25.0 Å². The number of piperidine rings is 2. The number of allylic oxidation sites excluding steroid dienone is 1. The van der Waals surface area contributed by atoms with Crippen molar-refractivity contribution in [2.45, 2.75) is 39.5 Å². The van der Waals surface area contributed by atoms with Crippen LogP contribution in [0.15, 0.2) is 22.9 Å². The molecule has 0 aliphatic carbocycles. The molecular weight excluding hydrogens is 420 g/mol. The molecule has 0 spiro atoms. The Bertz CT molecular complexity index is 732. The summed E-state index contributed by atoms with van der Waals surface area (Å²) in [6.07, 6.45) is 5.93. The third kappa shape index (κ3) is 12.7. The van der Waals surface area contributed by atoms with Crippen molar-refractivity contribution in [3.05, 3.63) is 32.9 Å². The maximum Gasteiger partial charge on any atom is 1.00 e. The minimum absolute atomic E-state index is 0. The van der Waals surface area contributed by atoms with Gasteiger partial charge in [-0.05, 0) is 33.0 Å². The van der Waals surface area contributed by atoms with Gasteiger partial charge in [0, 0.05) is 50.4 Å². The predicted molar refractivity (Wildman–Crippen MR) is 123 cm³/mol. The number of ketones is 2. The summed E-state index contributed by atoms with van der Waals surface area (Å²) < 4.78 is 0. The molecule has 2 atom stereocenters. The van der Waals surface area contributed by atoms with E-state index in [-0.39, 0.29) is 18.5 Å². The second kappa shape index (κ2) is 15.0. The Kier molecular flexibility index (Phi) is 13.7. The van der Waals surface area contributed by atoms with Gasteiger partial charge in [0.1, 0.15) is 17.8 Å². The van der Waals surface area contributed by atoms with Crippen LogP contribution < -0.4 is 0 Å². The van der Waals surface area contributed by atoms with Crippen LogP contribution in [0.2, 0.25) is 0 Å². The monoisotopic (exact) mass is 455 g/mol. The molecule has 2 fully saturated rings.